The predicted octanol–water partition coefficient (Wildman–Crippen LogP) is 2.03. The number of rotatable bonds is 5. The molecule has 0 unspecified atom stereocenters. The molecule has 26 heavy (non-hydrogen) atoms. The molecule has 0 aromatic heterocycles. The number of hydrogen-bond acceptors (Lipinski definition) is 3. The molecule has 0 aliphatic carbocycles. The Bertz CT molecular complexity index is 743. The minimum atomic E-state index is -0.687. The van der Waals surface area contributed by atoms with Gasteiger partial charge in [-0.15, -0.1) is 0 Å². The maximum Gasteiger partial charge on any atom is 0.251 e. The van der Waals surface area contributed by atoms with Gasteiger partial charge in [0.25, 0.3) is 5.91 Å². The molecule has 1 atom stereocenters. The van der Waals surface area contributed by atoms with E-state index in [-0.39, 0.29) is 5.91 Å². The van der Waals surface area contributed by atoms with E-state index in [0.29, 0.717) is 38.3 Å². The number of hydrogen-bond donors (Lipinski definition) is 1. The molecule has 1 saturated heterocycles. The van der Waals surface area contributed by atoms with Crippen molar-refractivity contribution in [2.45, 2.75) is 12.5 Å². The fourth-order valence-electron chi connectivity index (χ4n) is 2.90. The summed E-state index contributed by atoms with van der Waals surface area (Å²) in [6, 6.07) is 14.1. The summed E-state index contributed by atoms with van der Waals surface area (Å²) in [5.41, 5.74) is 1.28. The first kappa shape index (κ1) is 18.1. The molecule has 1 aliphatic rings. The van der Waals surface area contributed by atoms with E-state index in [1.54, 1.807) is 4.90 Å². The Morgan fingerprint density at radius 3 is 2.35 bits per heavy atom. The van der Waals surface area contributed by atoms with Crippen LogP contribution < -0.4 is 5.32 Å². The second kappa shape index (κ2) is 8.58. The summed E-state index contributed by atoms with van der Waals surface area (Å²) in [6.45, 7) is 2.01. The highest BCUT2D eigenvalue weighted by atomic mass is 19.1. The fourth-order valence-corrected chi connectivity index (χ4v) is 2.90. The van der Waals surface area contributed by atoms with Gasteiger partial charge in [0.2, 0.25) is 5.91 Å². The molecule has 0 saturated carbocycles. The van der Waals surface area contributed by atoms with Crippen molar-refractivity contribution in [1.29, 1.82) is 0 Å². The molecule has 1 aliphatic heterocycles. The van der Waals surface area contributed by atoms with Crippen molar-refractivity contribution in [2.75, 3.05) is 26.3 Å². The maximum atomic E-state index is 13.1. The van der Waals surface area contributed by atoms with Crippen molar-refractivity contribution < 1.29 is 18.7 Å². The van der Waals surface area contributed by atoms with E-state index in [4.69, 9.17) is 4.74 Å². The number of nitrogens with one attached hydrogen (secondary N) is 1. The summed E-state index contributed by atoms with van der Waals surface area (Å²) in [5, 5.41) is 2.80. The third-order valence-corrected chi connectivity index (χ3v) is 4.32. The smallest absolute Gasteiger partial charge is 0.251 e. The Morgan fingerprint density at radius 2 is 1.69 bits per heavy atom. The zero-order valence-electron chi connectivity index (χ0n) is 14.4. The first-order valence-electron chi connectivity index (χ1n) is 8.60. The molecule has 1 fully saturated rings. The second-order valence-electron chi connectivity index (χ2n) is 6.16. The molecule has 0 spiro atoms. The van der Waals surface area contributed by atoms with Crippen LogP contribution in [0.1, 0.15) is 15.9 Å². The molecule has 2 aromatic carbocycles. The summed E-state index contributed by atoms with van der Waals surface area (Å²) in [7, 11) is 0. The molecule has 1 heterocycles. The average Bonchev–Trinajstić information content (AvgIpc) is 2.69. The van der Waals surface area contributed by atoms with Crippen LogP contribution in [0, 0.1) is 5.82 Å². The lowest BCUT2D eigenvalue weighted by Gasteiger charge is -2.31. The van der Waals surface area contributed by atoms with E-state index in [0.717, 1.165) is 5.56 Å². The van der Waals surface area contributed by atoms with Gasteiger partial charge in [0, 0.05) is 25.1 Å². The quantitative estimate of drug-likeness (QED) is 0.892. The van der Waals surface area contributed by atoms with Crippen molar-refractivity contribution in [3.63, 3.8) is 0 Å². The summed E-state index contributed by atoms with van der Waals surface area (Å²) in [4.78, 5) is 27.1. The van der Waals surface area contributed by atoms with Gasteiger partial charge < -0.3 is 15.0 Å². The number of halogens is 1. The number of morpholine rings is 1. The second-order valence-corrected chi connectivity index (χ2v) is 6.16. The SMILES string of the molecule is O=C(N[C@@H](Cc1ccccc1)C(=O)N1CCOCC1)c1ccc(F)cc1. The Labute approximate surface area is 151 Å². The van der Waals surface area contributed by atoms with Crippen LogP contribution in [0.15, 0.2) is 54.6 Å². The van der Waals surface area contributed by atoms with Crippen LogP contribution >= 0.6 is 0 Å². The molecule has 3 rings (SSSR count). The van der Waals surface area contributed by atoms with Crippen LogP contribution in [-0.2, 0) is 16.0 Å². The molecule has 0 bridgehead atoms. The van der Waals surface area contributed by atoms with Crippen molar-refractivity contribution in [3.05, 3.63) is 71.5 Å². The standard InChI is InChI=1S/C20H21FN2O3/c21-17-8-6-16(7-9-17)19(24)22-18(14-15-4-2-1-3-5-15)20(25)23-10-12-26-13-11-23/h1-9,18H,10-14H2,(H,22,24)/t18-/m0/s1. The van der Waals surface area contributed by atoms with Crippen molar-refractivity contribution in [2.24, 2.45) is 0 Å². The highest BCUT2D eigenvalue weighted by Crippen LogP contribution is 2.10. The Hall–Kier alpha value is -2.73. The number of benzene rings is 2. The van der Waals surface area contributed by atoms with Gasteiger partial charge >= 0.3 is 0 Å². The van der Waals surface area contributed by atoms with Gasteiger partial charge in [0.05, 0.1) is 13.2 Å². The minimum Gasteiger partial charge on any atom is -0.378 e. The molecule has 2 amide bonds. The lowest BCUT2D eigenvalue weighted by Crippen LogP contribution is -2.52. The van der Waals surface area contributed by atoms with Crippen LogP contribution in [0.2, 0.25) is 0 Å². The topological polar surface area (TPSA) is 58.6 Å². The zero-order chi connectivity index (χ0) is 18.4. The Balaban J connectivity index is 1.76. The van der Waals surface area contributed by atoms with Crippen molar-refractivity contribution in [3.8, 4) is 0 Å². The molecule has 1 N–H and O–H groups in total. The summed E-state index contributed by atoms with van der Waals surface area (Å²) in [5.74, 6) is -0.938. The summed E-state index contributed by atoms with van der Waals surface area (Å²) < 4.78 is 18.4. The lowest BCUT2D eigenvalue weighted by atomic mass is 10.0. The van der Waals surface area contributed by atoms with E-state index in [9.17, 15) is 14.0 Å². The van der Waals surface area contributed by atoms with E-state index in [1.807, 2.05) is 30.3 Å². The number of ether oxygens (including phenoxy) is 1. The summed E-state index contributed by atoms with van der Waals surface area (Å²) >= 11 is 0. The number of amides is 2. The van der Waals surface area contributed by atoms with Gasteiger partial charge in [0.15, 0.2) is 0 Å². The van der Waals surface area contributed by atoms with Crippen LogP contribution in [0.3, 0.4) is 0 Å². The monoisotopic (exact) mass is 356 g/mol. The highest BCUT2D eigenvalue weighted by Gasteiger charge is 2.27. The number of nitrogens with zero attached hydrogens (tertiary/aromatic N) is 1. The van der Waals surface area contributed by atoms with Crippen LogP contribution in [0.4, 0.5) is 4.39 Å². The Kier molecular flexibility index (Phi) is 5.96. The first-order valence-corrected chi connectivity index (χ1v) is 8.60. The predicted molar refractivity (Wildman–Crippen MR) is 95.2 cm³/mol. The number of carbonyl (C=O) groups excluding carboxylic acids is 2. The number of carbonyl (C=O) groups is 2. The highest BCUT2D eigenvalue weighted by molar-refractivity contribution is 5.97. The van der Waals surface area contributed by atoms with Crippen LogP contribution in [-0.4, -0.2) is 49.1 Å². The van der Waals surface area contributed by atoms with Gasteiger partial charge in [-0.3, -0.25) is 9.59 Å². The van der Waals surface area contributed by atoms with Gasteiger partial charge in [-0.25, -0.2) is 4.39 Å². The maximum absolute atomic E-state index is 13.1. The van der Waals surface area contributed by atoms with Crippen LogP contribution in [0.25, 0.3) is 0 Å². The lowest BCUT2D eigenvalue weighted by molar-refractivity contribution is -0.137. The third-order valence-electron chi connectivity index (χ3n) is 4.32. The molecular weight excluding hydrogens is 335 g/mol. The molecular formula is C20H21FN2O3. The molecule has 6 heteroatoms. The van der Waals surface area contributed by atoms with E-state index >= 15 is 0 Å². The van der Waals surface area contributed by atoms with Gasteiger partial charge in [-0.05, 0) is 29.8 Å². The minimum absolute atomic E-state index is 0.132. The zero-order valence-corrected chi connectivity index (χ0v) is 14.4. The van der Waals surface area contributed by atoms with Crippen molar-refractivity contribution in [1.82, 2.24) is 10.2 Å². The molecule has 136 valence electrons. The Morgan fingerprint density at radius 1 is 1.04 bits per heavy atom. The van der Waals surface area contributed by atoms with Gasteiger partial charge in [-0.2, -0.15) is 0 Å². The normalized spacial score (nSPS) is 15.3. The van der Waals surface area contributed by atoms with Gasteiger partial charge in [-0.1, -0.05) is 30.3 Å². The van der Waals surface area contributed by atoms with E-state index in [2.05, 4.69) is 5.32 Å². The summed E-state index contributed by atoms with van der Waals surface area (Å²) in [6.07, 6.45) is 0.393. The van der Waals surface area contributed by atoms with Gasteiger partial charge in [0.1, 0.15) is 11.9 Å². The van der Waals surface area contributed by atoms with Crippen molar-refractivity contribution >= 4 is 11.8 Å². The molecule has 2 aromatic rings. The van der Waals surface area contributed by atoms with E-state index in [1.165, 1.54) is 24.3 Å². The molecule has 0 radical (unpaired) electrons. The van der Waals surface area contributed by atoms with E-state index < -0.39 is 17.8 Å². The average molecular weight is 356 g/mol. The first-order chi connectivity index (χ1) is 12.6. The fraction of sp³-hybridized carbons (Fsp3) is 0.300. The third kappa shape index (κ3) is 4.67. The molecule has 5 nitrogen and oxygen atoms in total. The van der Waals surface area contributed by atoms with Crippen LogP contribution in [0.5, 0.6) is 0 Å². The largest absolute Gasteiger partial charge is 0.378 e.